The maximum Gasteiger partial charge on any atom is 0.193 e. The largest absolute Gasteiger partial charge is 0.507 e. The summed E-state index contributed by atoms with van der Waals surface area (Å²) >= 11 is 0. The number of benzene rings is 2. The number of rotatable bonds is 3. The Morgan fingerprint density at radius 2 is 1.81 bits per heavy atom. The smallest absolute Gasteiger partial charge is 0.193 e. The summed E-state index contributed by atoms with van der Waals surface area (Å²) in [5, 5.41) is 39.5. The lowest BCUT2D eigenvalue weighted by Crippen LogP contribution is -2.28. The van der Waals surface area contributed by atoms with E-state index >= 15 is 0 Å². The number of phenolic OH excluding ortho intramolecular Hbond substituents is 4. The SMILES string of the molecule is CC1(C)C=Cc2c(O)cc(O)c(C(=O)/C=C/c3cccc(O)c3O)c2O1. The Labute approximate surface area is 149 Å². The van der Waals surface area contributed by atoms with Gasteiger partial charge in [0.1, 0.15) is 28.4 Å². The second-order valence-electron chi connectivity index (χ2n) is 6.48. The molecule has 0 atom stereocenters. The van der Waals surface area contributed by atoms with Crippen LogP contribution in [-0.2, 0) is 0 Å². The van der Waals surface area contributed by atoms with Crippen LogP contribution < -0.4 is 4.74 Å². The van der Waals surface area contributed by atoms with Crippen LogP contribution in [0.25, 0.3) is 12.2 Å². The lowest BCUT2D eigenvalue weighted by Gasteiger charge is -2.29. The lowest BCUT2D eigenvalue weighted by atomic mass is 9.96. The van der Waals surface area contributed by atoms with Gasteiger partial charge in [0, 0.05) is 11.6 Å². The average Bonchev–Trinajstić information content (AvgIpc) is 2.55. The van der Waals surface area contributed by atoms with E-state index in [2.05, 4.69) is 0 Å². The Hall–Kier alpha value is -3.41. The van der Waals surface area contributed by atoms with Crippen molar-refractivity contribution in [2.75, 3.05) is 0 Å². The van der Waals surface area contributed by atoms with Gasteiger partial charge in [-0.1, -0.05) is 12.1 Å². The zero-order valence-electron chi connectivity index (χ0n) is 14.2. The quantitative estimate of drug-likeness (QED) is 0.381. The van der Waals surface area contributed by atoms with Crippen LogP contribution in [-0.4, -0.2) is 31.8 Å². The van der Waals surface area contributed by atoms with Gasteiger partial charge >= 0.3 is 0 Å². The Balaban J connectivity index is 2.04. The third-order valence-corrected chi connectivity index (χ3v) is 4.00. The molecule has 0 spiro atoms. The average molecular weight is 354 g/mol. The summed E-state index contributed by atoms with van der Waals surface area (Å²) < 4.78 is 5.78. The molecule has 6 nitrogen and oxygen atoms in total. The van der Waals surface area contributed by atoms with Crippen molar-refractivity contribution in [1.82, 2.24) is 0 Å². The van der Waals surface area contributed by atoms with Gasteiger partial charge in [-0.15, -0.1) is 0 Å². The lowest BCUT2D eigenvalue weighted by molar-refractivity contribution is 0.103. The summed E-state index contributed by atoms with van der Waals surface area (Å²) in [6, 6.07) is 5.44. The molecule has 0 aromatic heterocycles. The Bertz CT molecular complexity index is 953. The number of para-hydroxylation sites is 1. The molecule has 0 saturated carbocycles. The molecule has 134 valence electrons. The normalized spacial score (nSPS) is 14.8. The summed E-state index contributed by atoms with van der Waals surface area (Å²) in [4.78, 5) is 12.7. The second kappa shape index (κ2) is 6.15. The van der Waals surface area contributed by atoms with Gasteiger partial charge in [0.25, 0.3) is 0 Å². The van der Waals surface area contributed by atoms with Crippen molar-refractivity contribution in [3.63, 3.8) is 0 Å². The third-order valence-electron chi connectivity index (χ3n) is 4.00. The first-order chi connectivity index (χ1) is 12.2. The summed E-state index contributed by atoms with van der Waals surface area (Å²) in [7, 11) is 0. The van der Waals surface area contributed by atoms with Crippen molar-refractivity contribution in [3.05, 3.63) is 53.1 Å². The van der Waals surface area contributed by atoms with E-state index in [-0.39, 0.29) is 34.1 Å². The van der Waals surface area contributed by atoms with E-state index in [4.69, 9.17) is 4.74 Å². The zero-order valence-corrected chi connectivity index (χ0v) is 14.2. The minimum absolute atomic E-state index is 0.0878. The second-order valence-corrected chi connectivity index (χ2v) is 6.48. The highest BCUT2D eigenvalue weighted by Crippen LogP contribution is 2.44. The third kappa shape index (κ3) is 3.09. The van der Waals surface area contributed by atoms with Gasteiger partial charge in [-0.3, -0.25) is 4.79 Å². The van der Waals surface area contributed by atoms with Crippen molar-refractivity contribution < 1.29 is 30.0 Å². The molecular weight excluding hydrogens is 336 g/mol. The molecule has 1 heterocycles. The number of ether oxygens (including phenoxy) is 1. The van der Waals surface area contributed by atoms with Gasteiger partial charge in [-0.2, -0.15) is 0 Å². The summed E-state index contributed by atoms with van der Waals surface area (Å²) in [6.07, 6.45) is 5.84. The maximum atomic E-state index is 12.7. The Morgan fingerprint density at radius 1 is 1.08 bits per heavy atom. The van der Waals surface area contributed by atoms with Crippen LogP contribution >= 0.6 is 0 Å². The van der Waals surface area contributed by atoms with Crippen LogP contribution in [0.4, 0.5) is 0 Å². The van der Waals surface area contributed by atoms with E-state index in [0.717, 1.165) is 12.1 Å². The van der Waals surface area contributed by atoms with Gasteiger partial charge in [-0.25, -0.2) is 0 Å². The number of carbonyl (C=O) groups excluding carboxylic acids is 1. The van der Waals surface area contributed by atoms with Gasteiger partial charge in [0.2, 0.25) is 0 Å². The molecule has 0 fully saturated rings. The molecule has 0 amide bonds. The molecule has 6 heteroatoms. The minimum atomic E-state index is -0.713. The summed E-state index contributed by atoms with van der Waals surface area (Å²) in [6.45, 7) is 3.56. The first kappa shape index (κ1) is 17.4. The highest BCUT2D eigenvalue weighted by Gasteiger charge is 2.30. The highest BCUT2D eigenvalue weighted by atomic mass is 16.5. The molecule has 4 N–H and O–H groups in total. The summed E-state index contributed by atoms with van der Waals surface area (Å²) in [5.41, 5.74) is -0.257. The zero-order chi connectivity index (χ0) is 19.1. The van der Waals surface area contributed by atoms with Crippen molar-refractivity contribution >= 4 is 17.9 Å². The van der Waals surface area contributed by atoms with E-state index < -0.39 is 17.1 Å². The molecule has 1 aliphatic rings. The van der Waals surface area contributed by atoms with Crippen LogP contribution in [0.2, 0.25) is 0 Å². The number of hydrogen-bond donors (Lipinski definition) is 4. The first-order valence-corrected chi connectivity index (χ1v) is 7.90. The van der Waals surface area contributed by atoms with Crippen molar-refractivity contribution in [2.24, 2.45) is 0 Å². The summed E-state index contributed by atoms with van der Waals surface area (Å²) in [5.74, 6) is -1.76. The Kier molecular flexibility index (Phi) is 4.12. The molecule has 1 aliphatic heterocycles. The van der Waals surface area contributed by atoms with Crippen molar-refractivity contribution in [3.8, 4) is 28.7 Å². The molecule has 0 saturated heterocycles. The van der Waals surface area contributed by atoms with Crippen molar-refractivity contribution in [1.29, 1.82) is 0 Å². The van der Waals surface area contributed by atoms with Crippen LogP contribution in [0, 0.1) is 0 Å². The Morgan fingerprint density at radius 3 is 2.54 bits per heavy atom. The van der Waals surface area contributed by atoms with Gasteiger partial charge in [0.05, 0.1) is 5.56 Å². The van der Waals surface area contributed by atoms with Gasteiger partial charge in [0.15, 0.2) is 17.3 Å². The van der Waals surface area contributed by atoms with E-state index in [1.54, 1.807) is 26.0 Å². The fraction of sp³-hybridized carbons (Fsp3) is 0.150. The molecule has 2 aromatic carbocycles. The van der Waals surface area contributed by atoms with Crippen molar-refractivity contribution in [2.45, 2.75) is 19.4 Å². The van der Waals surface area contributed by atoms with E-state index in [1.807, 2.05) is 0 Å². The number of hydrogen-bond acceptors (Lipinski definition) is 6. The van der Waals surface area contributed by atoms with E-state index in [0.29, 0.717) is 5.56 Å². The molecule has 3 rings (SSSR count). The molecule has 0 radical (unpaired) electrons. The molecule has 0 unspecified atom stereocenters. The molecule has 26 heavy (non-hydrogen) atoms. The number of fused-ring (bicyclic) bond motifs is 1. The van der Waals surface area contributed by atoms with E-state index in [1.165, 1.54) is 24.3 Å². The van der Waals surface area contributed by atoms with E-state index in [9.17, 15) is 25.2 Å². The molecule has 0 aliphatic carbocycles. The number of allylic oxidation sites excluding steroid dienone is 1. The number of ketones is 1. The predicted molar refractivity (Wildman–Crippen MR) is 96.6 cm³/mol. The van der Waals surface area contributed by atoms with Crippen LogP contribution in [0.3, 0.4) is 0 Å². The van der Waals surface area contributed by atoms with Crippen LogP contribution in [0.1, 0.15) is 35.3 Å². The number of aromatic hydroxyl groups is 4. The van der Waals surface area contributed by atoms with Gasteiger partial charge < -0.3 is 25.2 Å². The topological polar surface area (TPSA) is 107 Å². The monoisotopic (exact) mass is 354 g/mol. The van der Waals surface area contributed by atoms with Crippen LogP contribution in [0.15, 0.2) is 36.4 Å². The molecule has 0 bridgehead atoms. The number of phenols is 4. The predicted octanol–water partition coefficient (Wildman–Crippen LogP) is 3.59. The molecular formula is C20H18O6. The first-order valence-electron chi connectivity index (χ1n) is 7.90. The fourth-order valence-corrected chi connectivity index (χ4v) is 2.66. The maximum absolute atomic E-state index is 12.7. The fourth-order valence-electron chi connectivity index (χ4n) is 2.66. The van der Waals surface area contributed by atoms with Gasteiger partial charge in [-0.05, 0) is 44.2 Å². The standard InChI is InChI=1S/C20H18O6/c1-20(2)9-8-12-15(23)10-16(24)17(19(12)26-20)13(21)7-6-11-4-3-5-14(22)18(11)25/h3-10,22-25H,1-2H3/b7-6+. The highest BCUT2D eigenvalue weighted by molar-refractivity contribution is 6.11. The number of carbonyl (C=O) groups is 1. The molecule has 2 aromatic rings. The minimum Gasteiger partial charge on any atom is -0.507 e. The van der Waals surface area contributed by atoms with Crippen LogP contribution in [0.5, 0.6) is 28.7 Å².